The summed E-state index contributed by atoms with van der Waals surface area (Å²) in [5.74, 6) is -0.563. The van der Waals surface area contributed by atoms with Crippen molar-refractivity contribution in [2.45, 2.75) is 40.3 Å². The monoisotopic (exact) mass is 413 g/mol. The molecule has 0 unspecified atom stereocenters. The molecule has 0 bridgehead atoms. The van der Waals surface area contributed by atoms with Crippen molar-refractivity contribution in [3.63, 3.8) is 0 Å². The second-order valence-corrected chi connectivity index (χ2v) is 7.97. The van der Waals surface area contributed by atoms with E-state index >= 15 is 0 Å². The molecule has 0 radical (unpaired) electrons. The van der Waals surface area contributed by atoms with Gasteiger partial charge in [-0.2, -0.15) is 0 Å². The lowest BCUT2D eigenvalue weighted by atomic mass is 10.1. The number of esters is 1. The van der Waals surface area contributed by atoms with Crippen molar-refractivity contribution >= 4 is 17.6 Å². The van der Waals surface area contributed by atoms with E-state index in [0.29, 0.717) is 42.3 Å². The van der Waals surface area contributed by atoms with E-state index in [9.17, 15) is 9.59 Å². The average Bonchev–Trinajstić information content (AvgIpc) is 3.02. The lowest BCUT2D eigenvalue weighted by molar-refractivity contribution is 0.0376. The molecule has 0 saturated carbocycles. The molecule has 1 aliphatic heterocycles. The van der Waals surface area contributed by atoms with Gasteiger partial charge in [0.25, 0.3) is 5.91 Å². The predicted molar refractivity (Wildman–Crippen MR) is 116 cm³/mol. The predicted octanol–water partition coefficient (Wildman–Crippen LogP) is 3.31. The van der Waals surface area contributed by atoms with Crippen LogP contribution in [0.5, 0.6) is 0 Å². The van der Waals surface area contributed by atoms with Crippen molar-refractivity contribution in [1.82, 2.24) is 9.88 Å². The van der Waals surface area contributed by atoms with Crippen molar-refractivity contribution in [2.75, 3.05) is 38.3 Å². The standard InChI is InChI=1S/C23H31N3O4/c1-15(2)30-23(28)20-16(3)21(24-17(20)4)22(27)25(5)14-18-8-6-7-9-19(18)26-10-12-29-13-11-26/h6-9,15,24H,10-14H2,1-5H3. The van der Waals surface area contributed by atoms with E-state index in [2.05, 4.69) is 16.0 Å². The highest BCUT2D eigenvalue weighted by molar-refractivity contribution is 6.00. The van der Waals surface area contributed by atoms with Gasteiger partial charge in [0.1, 0.15) is 5.69 Å². The number of H-pyrrole nitrogens is 1. The van der Waals surface area contributed by atoms with E-state index in [-0.39, 0.29) is 12.0 Å². The molecule has 1 fully saturated rings. The van der Waals surface area contributed by atoms with Crippen molar-refractivity contribution in [2.24, 2.45) is 0 Å². The maximum Gasteiger partial charge on any atom is 0.340 e. The van der Waals surface area contributed by atoms with Crippen LogP contribution in [-0.4, -0.2) is 61.2 Å². The van der Waals surface area contributed by atoms with Gasteiger partial charge in [-0.1, -0.05) is 18.2 Å². The number of anilines is 1. The Hall–Kier alpha value is -2.80. The van der Waals surface area contributed by atoms with Crippen molar-refractivity contribution in [3.8, 4) is 0 Å². The number of hydrogen-bond donors (Lipinski definition) is 1. The molecule has 2 aromatic rings. The zero-order valence-electron chi connectivity index (χ0n) is 18.4. The highest BCUT2D eigenvalue weighted by Crippen LogP contribution is 2.25. The van der Waals surface area contributed by atoms with Crippen LogP contribution in [0.2, 0.25) is 0 Å². The lowest BCUT2D eigenvalue weighted by Crippen LogP contribution is -2.37. The summed E-state index contributed by atoms with van der Waals surface area (Å²) >= 11 is 0. The molecule has 162 valence electrons. The number of para-hydroxylation sites is 1. The van der Waals surface area contributed by atoms with Crippen LogP contribution in [0.1, 0.15) is 51.5 Å². The van der Waals surface area contributed by atoms with Crippen LogP contribution in [0.25, 0.3) is 0 Å². The number of benzene rings is 1. The van der Waals surface area contributed by atoms with Crippen molar-refractivity contribution < 1.29 is 19.1 Å². The highest BCUT2D eigenvalue weighted by atomic mass is 16.5. The molecule has 1 aliphatic rings. The van der Waals surface area contributed by atoms with E-state index in [4.69, 9.17) is 9.47 Å². The smallest absolute Gasteiger partial charge is 0.340 e. The number of ether oxygens (including phenoxy) is 2. The van der Waals surface area contributed by atoms with Crippen molar-refractivity contribution in [3.05, 3.63) is 52.3 Å². The number of amides is 1. The maximum atomic E-state index is 13.2. The fourth-order valence-electron chi connectivity index (χ4n) is 3.82. The van der Waals surface area contributed by atoms with Crippen LogP contribution < -0.4 is 4.90 Å². The number of hydrogen-bond acceptors (Lipinski definition) is 5. The van der Waals surface area contributed by atoms with Gasteiger partial charge in [0, 0.05) is 38.1 Å². The van der Waals surface area contributed by atoms with Gasteiger partial charge in [-0.25, -0.2) is 4.79 Å². The first-order chi connectivity index (χ1) is 14.3. The van der Waals surface area contributed by atoms with E-state index in [1.807, 2.05) is 18.2 Å². The number of aryl methyl sites for hydroxylation is 1. The Labute approximate surface area is 178 Å². The number of nitrogens with one attached hydrogen (secondary N) is 1. The molecule has 0 aliphatic carbocycles. The summed E-state index contributed by atoms with van der Waals surface area (Å²) in [6.45, 7) is 10.7. The van der Waals surface area contributed by atoms with E-state index in [1.54, 1.807) is 39.6 Å². The molecular weight excluding hydrogens is 382 g/mol. The first-order valence-corrected chi connectivity index (χ1v) is 10.4. The molecule has 1 saturated heterocycles. The number of aromatic amines is 1. The van der Waals surface area contributed by atoms with Gasteiger partial charge in [-0.15, -0.1) is 0 Å². The number of carbonyl (C=O) groups excluding carboxylic acids is 2. The molecule has 0 atom stereocenters. The van der Waals surface area contributed by atoms with Gasteiger partial charge >= 0.3 is 5.97 Å². The maximum absolute atomic E-state index is 13.2. The Balaban J connectivity index is 1.80. The minimum atomic E-state index is -0.407. The second-order valence-electron chi connectivity index (χ2n) is 7.97. The van der Waals surface area contributed by atoms with E-state index < -0.39 is 5.97 Å². The third-order valence-corrected chi connectivity index (χ3v) is 5.30. The number of morpholine rings is 1. The molecule has 1 aromatic carbocycles. The Kier molecular flexibility index (Phi) is 6.82. The molecule has 2 heterocycles. The molecule has 1 N–H and O–H groups in total. The first-order valence-electron chi connectivity index (χ1n) is 10.4. The third-order valence-electron chi connectivity index (χ3n) is 5.30. The molecule has 1 aromatic heterocycles. The fraction of sp³-hybridized carbons (Fsp3) is 0.478. The summed E-state index contributed by atoms with van der Waals surface area (Å²) in [6.07, 6.45) is -0.218. The Morgan fingerprint density at radius 1 is 1.20 bits per heavy atom. The summed E-state index contributed by atoms with van der Waals surface area (Å²) in [6, 6.07) is 8.14. The normalized spacial score (nSPS) is 14.1. The molecule has 7 nitrogen and oxygen atoms in total. The number of aromatic nitrogens is 1. The van der Waals surface area contributed by atoms with Crippen LogP contribution >= 0.6 is 0 Å². The number of nitrogens with zero attached hydrogens (tertiary/aromatic N) is 2. The minimum Gasteiger partial charge on any atom is -0.459 e. The summed E-state index contributed by atoms with van der Waals surface area (Å²) in [4.78, 5) is 32.7. The SMILES string of the molecule is Cc1[nH]c(C(=O)N(C)Cc2ccccc2N2CCOCC2)c(C)c1C(=O)OC(C)C. The van der Waals surface area contributed by atoms with Crippen LogP contribution in [0, 0.1) is 13.8 Å². The van der Waals surface area contributed by atoms with Crippen LogP contribution in [-0.2, 0) is 16.0 Å². The van der Waals surface area contributed by atoms with Crippen LogP contribution in [0.3, 0.4) is 0 Å². The average molecular weight is 414 g/mol. The lowest BCUT2D eigenvalue weighted by Gasteiger charge is -2.31. The van der Waals surface area contributed by atoms with E-state index in [0.717, 1.165) is 24.3 Å². The van der Waals surface area contributed by atoms with Gasteiger partial charge in [0.15, 0.2) is 0 Å². The fourth-order valence-corrected chi connectivity index (χ4v) is 3.82. The zero-order valence-corrected chi connectivity index (χ0v) is 18.4. The van der Waals surface area contributed by atoms with Gasteiger partial charge in [-0.05, 0) is 44.9 Å². The van der Waals surface area contributed by atoms with Crippen LogP contribution in [0.4, 0.5) is 5.69 Å². The topological polar surface area (TPSA) is 74.9 Å². The highest BCUT2D eigenvalue weighted by Gasteiger charge is 2.26. The number of rotatable bonds is 6. The largest absolute Gasteiger partial charge is 0.459 e. The van der Waals surface area contributed by atoms with Crippen LogP contribution in [0.15, 0.2) is 24.3 Å². The van der Waals surface area contributed by atoms with Gasteiger partial charge < -0.3 is 24.3 Å². The second kappa shape index (κ2) is 9.34. The van der Waals surface area contributed by atoms with Gasteiger partial charge in [-0.3, -0.25) is 4.79 Å². The summed E-state index contributed by atoms with van der Waals surface area (Å²) < 4.78 is 10.8. The minimum absolute atomic E-state index is 0.157. The summed E-state index contributed by atoms with van der Waals surface area (Å²) in [5, 5.41) is 0. The van der Waals surface area contributed by atoms with Gasteiger partial charge in [0.05, 0.1) is 24.9 Å². The van der Waals surface area contributed by atoms with Gasteiger partial charge in [0.2, 0.25) is 0 Å². The Morgan fingerprint density at radius 2 is 1.87 bits per heavy atom. The molecule has 30 heavy (non-hydrogen) atoms. The zero-order chi connectivity index (χ0) is 21.8. The summed E-state index contributed by atoms with van der Waals surface area (Å²) in [5.41, 5.74) is 4.33. The quantitative estimate of drug-likeness (QED) is 0.736. The Bertz CT molecular complexity index is 913. The molecule has 0 spiro atoms. The Morgan fingerprint density at radius 3 is 2.53 bits per heavy atom. The molecule has 1 amide bonds. The van der Waals surface area contributed by atoms with E-state index in [1.165, 1.54) is 0 Å². The molecule has 7 heteroatoms. The van der Waals surface area contributed by atoms with Crippen molar-refractivity contribution in [1.29, 1.82) is 0 Å². The molecular formula is C23H31N3O4. The third kappa shape index (κ3) is 4.67. The molecule has 3 rings (SSSR count). The number of carbonyl (C=O) groups is 2. The first kappa shape index (κ1) is 21.9. The summed E-state index contributed by atoms with van der Waals surface area (Å²) in [7, 11) is 1.78.